The van der Waals surface area contributed by atoms with Crippen LogP contribution < -0.4 is 0 Å². The number of rotatable bonds is 1. The van der Waals surface area contributed by atoms with Crippen LogP contribution in [0.2, 0.25) is 0 Å². The van der Waals surface area contributed by atoms with Crippen LogP contribution in [0.15, 0.2) is 11.6 Å². The molecule has 134 valence electrons. The Bertz CT molecular complexity index is 582. The van der Waals surface area contributed by atoms with Crippen molar-refractivity contribution in [1.82, 2.24) is 0 Å². The second kappa shape index (κ2) is 5.41. The highest BCUT2D eigenvalue weighted by Crippen LogP contribution is 2.66. The molecule has 0 amide bonds. The molecule has 4 rings (SSSR count). The van der Waals surface area contributed by atoms with Crippen LogP contribution in [0.1, 0.15) is 65.7 Å². The van der Waals surface area contributed by atoms with Gasteiger partial charge in [0.1, 0.15) is 5.78 Å². The number of hydrogen-bond acceptors (Lipinski definition) is 3. The maximum atomic E-state index is 12.2. The van der Waals surface area contributed by atoms with Crippen molar-refractivity contribution in [1.29, 1.82) is 0 Å². The van der Waals surface area contributed by atoms with E-state index in [9.17, 15) is 15.0 Å². The van der Waals surface area contributed by atoms with E-state index >= 15 is 0 Å². The van der Waals surface area contributed by atoms with Gasteiger partial charge in [-0.3, -0.25) is 4.79 Å². The van der Waals surface area contributed by atoms with Gasteiger partial charge in [0.05, 0.1) is 12.2 Å². The largest absolute Gasteiger partial charge is 0.393 e. The Hall–Kier alpha value is -0.670. The topological polar surface area (TPSA) is 57.5 Å². The summed E-state index contributed by atoms with van der Waals surface area (Å²) in [4.78, 5) is 12.2. The average molecular weight is 332 g/mol. The van der Waals surface area contributed by atoms with E-state index in [-0.39, 0.29) is 28.8 Å². The van der Waals surface area contributed by atoms with Gasteiger partial charge in [-0.2, -0.15) is 0 Å². The fourth-order valence-corrected chi connectivity index (χ4v) is 7.30. The van der Waals surface area contributed by atoms with E-state index in [1.54, 1.807) is 6.92 Å². The summed E-state index contributed by atoms with van der Waals surface area (Å²) in [5, 5.41) is 21.1. The Morgan fingerprint density at radius 2 is 1.83 bits per heavy atom. The van der Waals surface area contributed by atoms with Crippen molar-refractivity contribution >= 4 is 5.78 Å². The van der Waals surface area contributed by atoms with Crippen molar-refractivity contribution < 1.29 is 15.0 Å². The molecule has 0 bridgehead atoms. The first-order valence-electron chi connectivity index (χ1n) is 9.85. The molecule has 0 saturated heterocycles. The highest BCUT2D eigenvalue weighted by molar-refractivity contribution is 5.79. The van der Waals surface area contributed by atoms with E-state index in [2.05, 4.69) is 19.9 Å². The molecule has 8 unspecified atom stereocenters. The molecule has 4 aliphatic rings. The van der Waals surface area contributed by atoms with Crippen LogP contribution in [-0.4, -0.2) is 28.2 Å². The Labute approximate surface area is 145 Å². The molecular formula is C21H32O3. The summed E-state index contributed by atoms with van der Waals surface area (Å²) in [6.45, 7) is 6.43. The zero-order valence-corrected chi connectivity index (χ0v) is 15.3. The molecule has 2 N–H and O–H groups in total. The third-order valence-corrected chi connectivity index (χ3v) is 8.59. The minimum atomic E-state index is -0.404. The van der Waals surface area contributed by atoms with Gasteiger partial charge < -0.3 is 10.2 Å². The van der Waals surface area contributed by atoms with Crippen LogP contribution in [0.4, 0.5) is 0 Å². The molecule has 0 aromatic heterocycles. The van der Waals surface area contributed by atoms with Crippen LogP contribution in [-0.2, 0) is 4.79 Å². The molecule has 4 aliphatic carbocycles. The monoisotopic (exact) mass is 332 g/mol. The van der Waals surface area contributed by atoms with Crippen molar-refractivity contribution in [3.63, 3.8) is 0 Å². The minimum absolute atomic E-state index is 0.0733. The average Bonchev–Trinajstić information content (AvgIpc) is 2.86. The number of Topliss-reactive ketones (excluding diaryl/α,β-unsaturated/α-hetero) is 1. The third-order valence-electron chi connectivity index (χ3n) is 8.59. The molecule has 3 heteroatoms. The maximum Gasteiger partial charge on any atom is 0.133 e. The molecular weight excluding hydrogens is 300 g/mol. The summed E-state index contributed by atoms with van der Waals surface area (Å²) >= 11 is 0. The maximum absolute atomic E-state index is 12.2. The van der Waals surface area contributed by atoms with Gasteiger partial charge in [-0.25, -0.2) is 0 Å². The van der Waals surface area contributed by atoms with E-state index in [4.69, 9.17) is 0 Å². The zero-order chi connectivity index (χ0) is 17.3. The Balaban J connectivity index is 1.71. The van der Waals surface area contributed by atoms with E-state index in [0.717, 1.165) is 44.9 Å². The second-order valence-corrected chi connectivity index (χ2v) is 9.57. The van der Waals surface area contributed by atoms with Gasteiger partial charge in [0.15, 0.2) is 0 Å². The number of aliphatic hydroxyl groups is 2. The van der Waals surface area contributed by atoms with Crippen LogP contribution >= 0.6 is 0 Å². The molecule has 3 saturated carbocycles. The molecule has 3 nitrogen and oxygen atoms in total. The van der Waals surface area contributed by atoms with Gasteiger partial charge in [-0.15, -0.1) is 0 Å². The Kier molecular flexibility index (Phi) is 3.78. The number of carbonyl (C=O) groups excluding carboxylic acids is 1. The van der Waals surface area contributed by atoms with Gasteiger partial charge in [0.25, 0.3) is 0 Å². The third kappa shape index (κ3) is 2.13. The molecule has 0 aromatic carbocycles. The van der Waals surface area contributed by atoms with Gasteiger partial charge in [0, 0.05) is 5.92 Å². The summed E-state index contributed by atoms with van der Waals surface area (Å²) in [7, 11) is 0. The van der Waals surface area contributed by atoms with Crippen LogP contribution in [0.25, 0.3) is 0 Å². The normalized spacial score (nSPS) is 53.6. The zero-order valence-electron chi connectivity index (χ0n) is 15.3. The van der Waals surface area contributed by atoms with Crippen molar-refractivity contribution in [3.8, 4) is 0 Å². The number of fused-ring (bicyclic) bond motifs is 5. The minimum Gasteiger partial charge on any atom is -0.393 e. The van der Waals surface area contributed by atoms with Gasteiger partial charge in [0.2, 0.25) is 0 Å². The summed E-state index contributed by atoms with van der Waals surface area (Å²) in [6, 6.07) is 0. The predicted octanol–water partition coefficient (Wildman–Crippen LogP) is 3.49. The summed E-state index contributed by atoms with van der Waals surface area (Å²) in [5.74, 6) is 1.77. The standard InChI is InChI=1S/C21H32O3/c1-12(22)15-4-5-16-19-17(7-9-21(15,16)3)20(2)8-6-14(23)10-13(20)11-18(19)24/h11,14-19,23-24H,4-10H2,1-3H3. The molecule has 0 aliphatic heterocycles. The number of carbonyl (C=O) groups is 1. The second-order valence-electron chi connectivity index (χ2n) is 9.57. The SMILES string of the molecule is CC(=O)C1CCC2C3C(O)C=C4CC(O)CCC4(C)C3CCC12C. The van der Waals surface area contributed by atoms with Crippen molar-refractivity contribution in [2.24, 2.45) is 34.5 Å². The van der Waals surface area contributed by atoms with Crippen molar-refractivity contribution in [2.45, 2.75) is 77.9 Å². The summed E-state index contributed by atoms with van der Waals surface area (Å²) in [6.07, 6.45) is 8.39. The summed E-state index contributed by atoms with van der Waals surface area (Å²) in [5.41, 5.74) is 1.50. The lowest BCUT2D eigenvalue weighted by Crippen LogP contribution is -2.55. The number of aliphatic hydroxyl groups excluding tert-OH is 2. The molecule has 0 radical (unpaired) electrons. The molecule has 3 fully saturated rings. The first-order valence-corrected chi connectivity index (χ1v) is 9.85. The Morgan fingerprint density at radius 1 is 1.08 bits per heavy atom. The lowest BCUT2D eigenvalue weighted by molar-refractivity contribution is -0.130. The van der Waals surface area contributed by atoms with Crippen LogP contribution in [0.3, 0.4) is 0 Å². The Morgan fingerprint density at radius 3 is 2.54 bits per heavy atom. The fourth-order valence-electron chi connectivity index (χ4n) is 7.30. The van der Waals surface area contributed by atoms with Gasteiger partial charge in [-0.05, 0) is 80.5 Å². The first kappa shape index (κ1) is 16.8. The first-order chi connectivity index (χ1) is 11.3. The van der Waals surface area contributed by atoms with Crippen molar-refractivity contribution in [3.05, 3.63) is 11.6 Å². The number of ketones is 1. The summed E-state index contributed by atoms with van der Waals surface area (Å²) < 4.78 is 0. The van der Waals surface area contributed by atoms with E-state index in [0.29, 0.717) is 17.6 Å². The molecule has 24 heavy (non-hydrogen) atoms. The lowest BCUT2D eigenvalue weighted by atomic mass is 9.46. The van der Waals surface area contributed by atoms with E-state index in [1.807, 2.05) is 0 Å². The quantitative estimate of drug-likeness (QED) is 0.723. The number of hydrogen-bond donors (Lipinski definition) is 2. The van der Waals surface area contributed by atoms with Gasteiger partial charge >= 0.3 is 0 Å². The van der Waals surface area contributed by atoms with Crippen LogP contribution in [0.5, 0.6) is 0 Å². The molecule has 0 aromatic rings. The van der Waals surface area contributed by atoms with E-state index < -0.39 is 6.10 Å². The predicted molar refractivity (Wildman–Crippen MR) is 93.3 cm³/mol. The van der Waals surface area contributed by atoms with E-state index in [1.165, 1.54) is 5.57 Å². The molecule has 0 spiro atoms. The van der Waals surface area contributed by atoms with Crippen molar-refractivity contribution in [2.75, 3.05) is 0 Å². The lowest BCUT2D eigenvalue weighted by Gasteiger charge is -2.59. The smallest absolute Gasteiger partial charge is 0.133 e. The highest BCUT2D eigenvalue weighted by atomic mass is 16.3. The van der Waals surface area contributed by atoms with Gasteiger partial charge in [-0.1, -0.05) is 25.5 Å². The molecule has 8 atom stereocenters. The fraction of sp³-hybridized carbons (Fsp3) is 0.857. The van der Waals surface area contributed by atoms with Crippen LogP contribution in [0, 0.1) is 34.5 Å². The molecule has 0 heterocycles. The highest BCUT2D eigenvalue weighted by Gasteiger charge is 2.61.